The largest absolute Gasteiger partial charge is 2.00 e. The van der Waals surface area contributed by atoms with E-state index in [1.165, 1.54) is 5.92 Å². The Morgan fingerprint density at radius 1 is 1.20 bits per heavy atom. The molecule has 0 bridgehead atoms. The third-order valence-electron chi connectivity index (χ3n) is 0. The molecule has 0 atom stereocenters. The van der Waals surface area contributed by atoms with E-state index in [0.29, 0.717) is 6.26 Å². The summed E-state index contributed by atoms with van der Waals surface area (Å²) in [7, 11) is -3.67. The molecule has 3 nitrogen and oxygen atoms in total. The van der Waals surface area contributed by atoms with E-state index in [2.05, 4.69) is 20.8 Å². The topological polar surface area (TPSA) is 54.4 Å². The van der Waals surface area contributed by atoms with E-state index in [1.807, 2.05) is 0 Å². The molecule has 0 saturated heterocycles. The smallest absolute Gasteiger partial charge is 0.323 e. The Kier molecular flexibility index (Phi) is 13.2. The van der Waals surface area contributed by atoms with Crippen LogP contribution in [0, 0.1) is 5.92 Å². The van der Waals surface area contributed by atoms with Crippen LogP contribution in [0.5, 0.6) is 0 Å². The van der Waals surface area contributed by atoms with Gasteiger partial charge in [-0.2, -0.15) is 29.2 Å². The van der Waals surface area contributed by atoms with Crippen LogP contribution in [0.15, 0.2) is 0 Å². The third kappa shape index (κ3) is 1120. The number of hydrogen-bond donors (Lipinski definition) is 1. The number of hydrogen-bond acceptors (Lipinski definition) is 2. The van der Waals surface area contributed by atoms with Crippen LogP contribution in [-0.2, 0) is 10.1 Å². The molecule has 0 radical (unpaired) electrons. The van der Waals surface area contributed by atoms with Crippen LogP contribution in [-0.4, -0.2) is 42.3 Å². The summed E-state index contributed by atoms with van der Waals surface area (Å²) < 4.78 is 25.9. The second-order valence-electron chi connectivity index (χ2n) is 2.23. The van der Waals surface area contributed by atoms with Crippen LogP contribution in [0.2, 0.25) is 0 Å². The van der Waals surface area contributed by atoms with Crippen molar-refractivity contribution >= 4 is 33.2 Å². The Labute approximate surface area is 79.1 Å². The van der Waals surface area contributed by atoms with Crippen molar-refractivity contribution in [2.45, 2.75) is 20.8 Å². The van der Waals surface area contributed by atoms with Gasteiger partial charge in [-0.3, -0.25) is 4.55 Å². The Morgan fingerprint density at radius 2 is 1.20 bits per heavy atom. The fourth-order valence-electron chi connectivity index (χ4n) is 0. The van der Waals surface area contributed by atoms with Gasteiger partial charge in [0.05, 0.1) is 6.26 Å². The van der Waals surface area contributed by atoms with Crippen molar-refractivity contribution in [3.63, 3.8) is 0 Å². The van der Waals surface area contributed by atoms with Gasteiger partial charge in [0.15, 0.2) is 0 Å². The van der Waals surface area contributed by atoms with Gasteiger partial charge in [-0.15, -0.1) is 0 Å². The van der Waals surface area contributed by atoms with Gasteiger partial charge in [-0.1, -0.05) is 0 Å². The Morgan fingerprint density at radius 3 is 1.20 bits per heavy atom. The zero-order valence-electron chi connectivity index (χ0n) is 6.88. The normalized spacial score (nSPS) is 9.40. The molecule has 1 N–H and O–H groups in total. The minimum Gasteiger partial charge on any atom is -0.323 e. The van der Waals surface area contributed by atoms with Crippen molar-refractivity contribution in [1.29, 1.82) is 0 Å². The maximum atomic E-state index is 9.19. The number of rotatable bonds is 0. The van der Waals surface area contributed by atoms with Crippen molar-refractivity contribution in [3.05, 3.63) is 5.92 Å². The second-order valence-corrected chi connectivity index (χ2v) is 3.70. The fourth-order valence-corrected chi connectivity index (χ4v) is 0. The molecule has 0 unspecified atom stereocenters. The Balaban J connectivity index is -0.0000000910. The minimum atomic E-state index is -3.67. The summed E-state index contributed by atoms with van der Waals surface area (Å²) in [5.74, 6) is 1.42. The van der Waals surface area contributed by atoms with Crippen molar-refractivity contribution in [2.75, 3.05) is 6.26 Å². The first kappa shape index (κ1) is 17.0. The van der Waals surface area contributed by atoms with Gasteiger partial charge in [-0.25, -0.2) is 0 Å². The van der Waals surface area contributed by atoms with Crippen molar-refractivity contribution in [2.24, 2.45) is 0 Å². The Bertz CT molecular complexity index is 128. The van der Waals surface area contributed by atoms with Gasteiger partial charge in [0.1, 0.15) is 0 Å². The molecule has 0 aromatic carbocycles. The average molecular weight is 178 g/mol. The zero-order chi connectivity index (χ0) is 8.08. The fraction of sp³-hybridized carbons (Fsp3) is 0.800. The van der Waals surface area contributed by atoms with E-state index >= 15 is 0 Å². The van der Waals surface area contributed by atoms with Gasteiger partial charge in [-0.05, 0) is 0 Å². The van der Waals surface area contributed by atoms with Crippen LogP contribution < -0.4 is 0 Å². The summed E-state index contributed by atoms with van der Waals surface area (Å²) in [5.41, 5.74) is 0. The molecule has 58 valence electrons. The van der Waals surface area contributed by atoms with Gasteiger partial charge in [0.25, 0.3) is 10.1 Å². The van der Waals surface area contributed by atoms with Gasteiger partial charge < -0.3 is 5.92 Å². The molecule has 0 rings (SSSR count). The summed E-state index contributed by atoms with van der Waals surface area (Å²) in [4.78, 5) is 0. The van der Waals surface area contributed by atoms with E-state index in [0.717, 1.165) is 0 Å². The van der Waals surface area contributed by atoms with Gasteiger partial charge in [0, 0.05) is 0 Å². The van der Waals surface area contributed by atoms with Crippen LogP contribution in [0.4, 0.5) is 0 Å². The molecular formula is C5H13MgO3S+. The van der Waals surface area contributed by atoms with Crippen molar-refractivity contribution < 1.29 is 13.0 Å². The average Bonchev–Trinajstić information content (AvgIpc) is 1.19. The molecular weight excluding hydrogens is 164 g/mol. The maximum absolute atomic E-state index is 9.19. The summed E-state index contributed by atoms with van der Waals surface area (Å²) >= 11 is 0. The van der Waals surface area contributed by atoms with E-state index in [4.69, 9.17) is 4.55 Å². The molecule has 0 saturated carbocycles. The van der Waals surface area contributed by atoms with Crippen LogP contribution >= 0.6 is 0 Å². The first-order valence-electron chi connectivity index (χ1n) is 2.42. The zero-order valence-corrected chi connectivity index (χ0v) is 9.11. The van der Waals surface area contributed by atoms with Crippen molar-refractivity contribution in [1.82, 2.24) is 0 Å². The maximum Gasteiger partial charge on any atom is 2.00 e. The predicted molar refractivity (Wildman–Crippen MR) is 43.5 cm³/mol. The molecule has 0 spiro atoms. The molecule has 0 aromatic heterocycles. The van der Waals surface area contributed by atoms with E-state index < -0.39 is 10.1 Å². The monoisotopic (exact) mass is 177 g/mol. The summed E-state index contributed by atoms with van der Waals surface area (Å²) in [6, 6.07) is 0. The molecule has 0 aromatic rings. The van der Waals surface area contributed by atoms with Crippen LogP contribution in [0.25, 0.3) is 0 Å². The SMILES string of the molecule is CS(=O)(=O)O.C[C-](C)C.[Mg+2]. The molecule has 0 amide bonds. The van der Waals surface area contributed by atoms with Crippen molar-refractivity contribution in [3.8, 4) is 0 Å². The summed E-state index contributed by atoms with van der Waals surface area (Å²) in [6.07, 6.45) is 0.715. The predicted octanol–water partition coefficient (Wildman–Crippen LogP) is 0.744. The Hall–Kier alpha value is 0.676. The molecule has 0 aliphatic heterocycles. The molecule has 0 aliphatic carbocycles. The van der Waals surface area contributed by atoms with Gasteiger partial charge >= 0.3 is 23.1 Å². The first-order chi connectivity index (χ1) is 3.73. The standard InChI is InChI=1S/C4H9.CH4O3S.Mg/c1-4(2)3;1-5(2,3)4;/h1-3H3;1H3,(H,2,3,4);/q-1;;+2. The quantitative estimate of drug-likeness (QED) is 0.337. The summed E-state index contributed by atoms with van der Waals surface area (Å²) in [5, 5.41) is 0. The summed E-state index contributed by atoms with van der Waals surface area (Å²) in [6.45, 7) is 6.25. The first-order valence-corrected chi connectivity index (χ1v) is 4.27. The van der Waals surface area contributed by atoms with E-state index in [9.17, 15) is 8.42 Å². The third-order valence-corrected chi connectivity index (χ3v) is 0. The molecule has 0 aliphatic rings. The van der Waals surface area contributed by atoms with Crippen LogP contribution in [0.1, 0.15) is 20.8 Å². The van der Waals surface area contributed by atoms with Gasteiger partial charge in [0.2, 0.25) is 0 Å². The minimum absolute atomic E-state index is 0. The second kappa shape index (κ2) is 7.78. The molecule has 10 heavy (non-hydrogen) atoms. The molecule has 5 heteroatoms. The van der Waals surface area contributed by atoms with Crippen LogP contribution in [0.3, 0.4) is 0 Å². The molecule has 0 heterocycles. The molecule has 0 fully saturated rings. The van der Waals surface area contributed by atoms with E-state index in [1.54, 1.807) is 0 Å². The van der Waals surface area contributed by atoms with E-state index in [-0.39, 0.29) is 23.1 Å².